The molecule has 1 atom stereocenters. The van der Waals surface area contributed by atoms with Crippen LogP contribution in [0.15, 0.2) is 35.4 Å². The van der Waals surface area contributed by atoms with E-state index in [1.165, 1.54) is 12.1 Å². The highest BCUT2D eigenvalue weighted by molar-refractivity contribution is 6.03. The fourth-order valence-electron chi connectivity index (χ4n) is 1.76. The lowest BCUT2D eigenvalue weighted by atomic mass is 9.99. The molecule has 1 amide bonds. The number of carbonyl (C=O) groups excluding carboxylic acids is 1. The molecular formula is C13H13N3O3. The van der Waals surface area contributed by atoms with E-state index in [-0.39, 0.29) is 17.5 Å². The maximum absolute atomic E-state index is 11.1. The van der Waals surface area contributed by atoms with Crippen LogP contribution in [0.3, 0.4) is 0 Å². The van der Waals surface area contributed by atoms with Crippen LogP contribution in [0.5, 0.6) is 0 Å². The van der Waals surface area contributed by atoms with Crippen molar-refractivity contribution in [3.05, 3.63) is 46.0 Å². The second kappa shape index (κ2) is 5.43. The monoisotopic (exact) mass is 259 g/mol. The van der Waals surface area contributed by atoms with Gasteiger partial charge >= 0.3 is 0 Å². The molecule has 1 heterocycles. The molecule has 1 aliphatic heterocycles. The number of benzene rings is 1. The number of hydrogen-bond donors (Lipinski definition) is 1. The minimum Gasteiger partial charge on any atom is -0.273 e. The number of hydrazone groups is 1. The lowest BCUT2D eigenvalue weighted by molar-refractivity contribution is -0.384. The molecule has 0 aromatic heterocycles. The first-order chi connectivity index (χ1) is 9.06. The average Bonchev–Trinajstić information content (AvgIpc) is 2.38. The quantitative estimate of drug-likeness (QED) is 0.666. The number of carbonyl (C=O) groups is 1. The molecule has 0 aliphatic carbocycles. The fourth-order valence-corrected chi connectivity index (χ4v) is 1.76. The number of nitro benzene ring substituents is 1. The van der Waals surface area contributed by atoms with Gasteiger partial charge in [-0.2, -0.15) is 5.10 Å². The van der Waals surface area contributed by atoms with Crippen molar-refractivity contribution in [2.75, 3.05) is 0 Å². The van der Waals surface area contributed by atoms with Crippen LogP contribution >= 0.6 is 0 Å². The molecule has 1 aromatic carbocycles. The highest BCUT2D eigenvalue weighted by atomic mass is 16.6. The van der Waals surface area contributed by atoms with Crippen LogP contribution in [0.25, 0.3) is 6.08 Å². The first kappa shape index (κ1) is 12.9. The van der Waals surface area contributed by atoms with Gasteiger partial charge in [-0.25, -0.2) is 5.43 Å². The Labute approximate surface area is 110 Å². The van der Waals surface area contributed by atoms with E-state index in [4.69, 9.17) is 0 Å². The maximum atomic E-state index is 11.1. The first-order valence-electron chi connectivity index (χ1n) is 5.85. The van der Waals surface area contributed by atoms with Gasteiger partial charge in [0, 0.05) is 24.5 Å². The third kappa shape index (κ3) is 3.25. The molecule has 0 bridgehead atoms. The van der Waals surface area contributed by atoms with Crippen LogP contribution in [0, 0.1) is 16.0 Å². The van der Waals surface area contributed by atoms with E-state index in [1.807, 2.05) is 19.1 Å². The molecule has 0 saturated carbocycles. The van der Waals surface area contributed by atoms with E-state index < -0.39 is 4.92 Å². The van der Waals surface area contributed by atoms with E-state index >= 15 is 0 Å². The standard InChI is InChI=1S/C13H13N3O3/c1-9-8-13(17)15-14-12(9)7-4-10-2-5-11(6-3-10)16(18)19/h2-7,9H,8H2,1H3,(H,15,17). The Bertz CT molecular complexity index is 561. The van der Waals surface area contributed by atoms with Gasteiger partial charge in [0.1, 0.15) is 0 Å². The van der Waals surface area contributed by atoms with Crippen molar-refractivity contribution in [1.82, 2.24) is 5.43 Å². The van der Waals surface area contributed by atoms with E-state index in [0.717, 1.165) is 11.3 Å². The molecular weight excluding hydrogens is 246 g/mol. The second-order valence-corrected chi connectivity index (χ2v) is 4.36. The highest BCUT2D eigenvalue weighted by Gasteiger charge is 2.17. The summed E-state index contributed by atoms with van der Waals surface area (Å²) in [4.78, 5) is 21.2. The van der Waals surface area contributed by atoms with Gasteiger partial charge in [-0.1, -0.05) is 13.0 Å². The van der Waals surface area contributed by atoms with Crippen molar-refractivity contribution in [3.63, 3.8) is 0 Å². The maximum Gasteiger partial charge on any atom is 0.269 e. The molecule has 1 aromatic rings. The molecule has 6 nitrogen and oxygen atoms in total. The van der Waals surface area contributed by atoms with Crippen LogP contribution in [-0.4, -0.2) is 16.5 Å². The zero-order valence-electron chi connectivity index (χ0n) is 10.4. The molecule has 1 aliphatic rings. The Kier molecular flexibility index (Phi) is 3.70. The smallest absolute Gasteiger partial charge is 0.269 e. The molecule has 6 heteroatoms. The summed E-state index contributed by atoms with van der Waals surface area (Å²) in [6.07, 6.45) is 4.05. The molecule has 0 fully saturated rings. The van der Waals surface area contributed by atoms with Crippen LogP contribution < -0.4 is 5.43 Å². The Morgan fingerprint density at radius 1 is 1.37 bits per heavy atom. The molecule has 2 rings (SSSR count). The second-order valence-electron chi connectivity index (χ2n) is 4.36. The van der Waals surface area contributed by atoms with Gasteiger partial charge in [0.15, 0.2) is 0 Å². The van der Waals surface area contributed by atoms with Crippen molar-refractivity contribution in [3.8, 4) is 0 Å². The molecule has 0 spiro atoms. The minimum atomic E-state index is -0.434. The normalized spacial score (nSPS) is 19.1. The SMILES string of the molecule is CC1CC(=O)NN=C1C=Cc1ccc([N+](=O)[O-])cc1. The van der Waals surface area contributed by atoms with Crippen LogP contribution in [0.2, 0.25) is 0 Å². The lowest BCUT2D eigenvalue weighted by Gasteiger charge is -2.15. The van der Waals surface area contributed by atoms with Gasteiger partial charge in [0.25, 0.3) is 5.69 Å². The molecule has 0 saturated heterocycles. The minimum absolute atomic E-state index is 0.0628. The average molecular weight is 259 g/mol. The number of nitrogens with one attached hydrogen (secondary N) is 1. The van der Waals surface area contributed by atoms with Crippen molar-refractivity contribution in [2.45, 2.75) is 13.3 Å². The van der Waals surface area contributed by atoms with Gasteiger partial charge < -0.3 is 0 Å². The predicted molar refractivity (Wildman–Crippen MR) is 71.5 cm³/mol. The van der Waals surface area contributed by atoms with E-state index in [0.29, 0.717) is 6.42 Å². The Balaban J connectivity index is 2.10. The van der Waals surface area contributed by atoms with E-state index in [1.54, 1.807) is 12.1 Å². The number of hydrogen-bond acceptors (Lipinski definition) is 4. The van der Waals surface area contributed by atoms with Crippen molar-refractivity contribution in [2.24, 2.45) is 11.0 Å². The van der Waals surface area contributed by atoms with Gasteiger partial charge in [-0.05, 0) is 23.8 Å². The molecule has 0 radical (unpaired) electrons. The third-order valence-corrected chi connectivity index (χ3v) is 2.86. The summed E-state index contributed by atoms with van der Waals surface area (Å²) < 4.78 is 0. The highest BCUT2D eigenvalue weighted by Crippen LogP contribution is 2.15. The number of nitro groups is 1. The molecule has 1 N–H and O–H groups in total. The van der Waals surface area contributed by atoms with Crippen molar-refractivity contribution >= 4 is 23.4 Å². The molecule has 98 valence electrons. The van der Waals surface area contributed by atoms with Crippen LogP contribution in [-0.2, 0) is 4.79 Å². The van der Waals surface area contributed by atoms with Gasteiger partial charge in [0.2, 0.25) is 5.91 Å². The number of allylic oxidation sites excluding steroid dienone is 1. The number of amides is 1. The van der Waals surface area contributed by atoms with Gasteiger partial charge in [-0.3, -0.25) is 14.9 Å². The Hall–Kier alpha value is -2.50. The van der Waals surface area contributed by atoms with E-state index in [9.17, 15) is 14.9 Å². The Morgan fingerprint density at radius 3 is 2.63 bits per heavy atom. The summed E-state index contributed by atoms with van der Waals surface area (Å²) in [5.74, 6) is -0.0111. The largest absolute Gasteiger partial charge is 0.273 e. The summed E-state index contributed by atoms with van der Waals surface area (Å²) in [6, 6.07) is 6.24. The zero-order valence-corrected chi connectivity index (χ0v) is 10.4. The summed E-state index contributed by atoms with van der Waals surface area (Å²) >= 11 is 0. The summed E-state index contributed by atoms with van der Waals surface area (Å²) in [6.45, 7) is 1.93. The fraction of sp³-hybridized carbons (Fsp3) is 0.231. The third-order valence-electron chi connectivity index (χ3n) is 2.86. The van der Waals surface area contributed by atoms with E-state index in [2.05, 4.69) is 10.5 Å². The zero-order chi connectivity index (χ0) is 13.8. The van der Waals surface area contributed by atoms with Crippen LogP contribution in [0.1, 0.15) is 18.9 Å². The summed E-state index contributed by atoms with van der Waals surface area (Å²) in [7, 11) is 0. The summed E-state index contributed by atoms with van der Waals surface area (Å²) in [5.41, 5.74) is 4.13. The van der Waals surface area contributed by atoms with Crippen LogP contribution in [0.4, 0.5) is 5.69 Å². The lowest BCUT2D eigenvalue weighted by Crippen LogP contribution is -2.30. The molecule has 19 heavy (non-hydrogen) atoms. The molecule has 1 unspecified atom stereocenters. The number of rotatable bonds is 3. The van der Waals surface area contributed by atoms with Gasteiger partial charge in [-0.15, -0.1) is 0 Å². The van der Waals surface area contributed by atoms with Gasteiger partial charge in [0.05, 0.1) is 10.6 Å². The topological polar surface area (TPSA) is 84.6 Å². The Morgan fingerprint density at radius 2 is 2.05 bits per heavy atom. The first-order valence-corrected chi connectivity index (χ1v) is 5.85. The van der Waals surface area contributed by atoms with Crippen molar-refractivity contribution in [1.29, 1.82) is 0 Å². The summed E-state index contributed by atoms with van der Waals surface area (Å²) in [5, 5.41) is 14.5. The van der Waals surface area contributed by atoms with Crippen molar-refractivity contribution < 1.29 is 9.72 Å². The predicted octanol–water partition coefficient (Wildman–Crippen LogP) is 2.12. The number of non-ortho nitro benzene ring substituents is 1. The number of nitrogens with zero attached hydrogens (tertiary/aromatic N) is 2.